The van der Waals surface area contributed by atoms with Crippen LogP contribution in [0, 0.1) is 11.8 Å². The molecule has 0 amide bonds. The summed E-state index contributed by atoms with van der Waals surface area (Å²) in [6.07, 6.45) is 6.36. The van der Waals surface area contributed by atoms with E-state index in [0.29, 0.717) is 12.1 Å². The smallest absolute Gasteiger partial charge is 0.0320 e. The lowest BCUT2D eigenvalue weighted by Gasteiger charge is -2.35. The fourth-order valence-corrected chi connectivity index (χ4v) is 3.42. The molecule has 1 nitrogen and oxygen atoms in total. The van der Waals surface area contributed by atoms with E-state index >= 15 is 0 Å². The van der Waals surface area contributed by atoms with Crippen LogP contribution in [0.5, 0.6) is 0 Å². The van der Waals surface area contributed by atoms with Crippen LogP contribution >= 0.6 is 0 Å². The van der Waals surface area contributed by atoms with Gasteiger partial charge in [0.05, 0.1) is 0 Å². The first-order chi connectivity index (χ1) is 9.63. The van der Waals surface area contributed by atoms with Crippen molar-refractivity contribution in [1.29, 1.82) is 0 Å². The summed E-state index contributed by atoms with van der Waals surface area (Å²) in [7, 11) is 0. The van der Waals surface area contributed by atoms with Gasteiger partial charge >= 0.3 is 0 Å². The summed E-state index contributed by atoms with van der Waals surface area (Å²) >= 11 is 0. The predicted octanol–water partition coefficient (Wildman–Crippen LogP) is 5.11. The average Bonchev–Trinajstić information content (AvgIpc) is 2.48. The topological polar surface area (TPSA) is 12.0 Å². The molecular weight excluding hydrogens is 242 g/mol. The van der Waals surface area contributed by atoms with Crippen molar-refractivity contribution < 1.29 is 0 Å². The molecule has 1 aromatic rings. The van der Waals surface area contributed by atoms with Gasteiger partial charge in [-0.15, -0.1) is 0 Å². The number of rotatable bonds is 5. The molecule has 2 rings (SSSR count). The van der Waals surface area contributed by atoms with Gasteiger partial charge in [0.25, 0.3) is 0 Å². The Balaban J connectivity index is 1.97. The van der Waals surface area contributed by atoms with Gasteiger partial charge in [0, 0.05) is 12.1 Å². The van der Waals surface area contributed by atoms with E-state index in [2.05, 4.69) is 57.3 Å². The Morgan fingerprint density at radius 2 is 1.75 bits per heavy atom. The molecule has 1 fully saturated rings. The maximum Gasteiger partial charge on any atom is 0.0320 e. The van der Waals surface area contributed by atoms with E-state index in [1.54, 1.807) is 0 Å². The number of nitrogens with one attached hydrogen (secondary N) is 1. The van der Waals surface area contributed by atoms with Crippen LogP contribution in [0.15, 0.2) is 24.3 Å². The molecule has 1 aliphatic carbocycles. The second kappa shape index (κ2) is 7.26. The van der Waals surface area contributed by atoms with E-state index in [9.17, 15) is 0 Å². The Labute approximate surface area is 125 Å². The Morgan fingerprint density at radius 1 is 1.05 bits per heavy atom. The normalized spacial score (nSPS) is 28.3. The number of benzene rings is 1. The minimum atomic E-state index is 0.520. The van der Waals surface area contributed by atoms with Gasteiger partial charge in [-0.3, -0.25) is 0 Å². The van der Waals surface area contributed by atoms with E-state index in [4.69, 9.17) is 0 Å². The average molecular weight is 273 g/mol. The lowest BCUT2D eigenvalue weighted by molar-refractivity contribution is 0.214. The van der Waals surface area contributed by atoms with Crippen molar-refractivity contribution in [2.45, 2.75) is 71.9 Å². The lowest BCUT2D eigenvalue weighted by Crippen LogP contribution is -2.38. The summed E-state index contributed by atoms with van der Waals surface area (Å²) < 4.78 is 0. The Hall–Kier alpha value is -0.820. The van der Waals surface area contributed by atoms with Crippen molar-refractivity contribution in [3.8, 4) is 0 Å². The molecule has 0 radical (unpaired) electrons. The Morgan fingerprint density at radius 3 is 2.30 bits per heavy atom. The minimum Gasteiger partial charge on any atom is -0.307 e. The third-order valence-corrected chi connectivity index (χ3v) is 5.23. The van der Waals surface area contributed by atoms with Crippen molar-refractivity contribution in [2.75, 3.05) is 0 Å². The number of hydrogen-bond acceptors (Lipinski definition) is 1. The molecule has 0 heterocycles. The van der Waals surface area contributed by atoms with E-state index < -0.39 is 0 Å². The van der Waals surface area contributed by atoms with E-state index in [0.717, 1.165) is 18.3 Å². The van der Waals surface area contributed by atoms with Gasteiger partial charge in [-0.05, 0) is 55.1 Å². The molecule has 0 aliphatic heterocycles. The van der Waals surface area contributed by atoms with Crippen LogP contribution < -0.4 is 5.32 Å². The van der Waals surface area contributed by atoms with E-state index in [1.165, 1.54) is 36.8 Å². The summed E-state index contributed by atoms with van der Waals surface area (Å²) in [6, 6.07) is 10.4. The maximum absolute atomic E-state index is 3.91. The molecule has 20 heavy (non-hydrogen) atoms. The molecule has 0 aromatic heterocycles. The van der Waals surface area contributed by atoms with Crippen molar-refractivity contribution >= 4 is 0 Å². The molecule has 4 unspecified atom stereocenters. The van der Waals surface area contributed by atoms with E-state index in [1.807, 2.05) is 0 Å². The van der Waals surface area contributed by atoms with Crippen LogP contribution in [0.25, 0.3) is 0 Å². The second-order valence-corrected chi connectivity index (χ2v) is 6.69. The highest BCUT2D eigenvalue weighted by molar-refractivity contribution is 5.25. The number of aryl methyl sites for hydroxylation is 1. The van der Waals surface area contributed by atoms with Crippen LogP contribution in [-0.2, 0) is 6.42 Å². The first-order valence-electron chi connectivity index (χ1n) is 8.48. The minimum absolute atomic E-state index is 0.520. The van der Waals surface area contributed by atoms with Crippen molar-refractivity contribution in [1.82, 2.24) is 5.32 Å². The zero-order chi connectivity index (χ0) is 14.5. The summed E-state index contributed by atoms with van der Waals surface area (Å²) in [6.45, 7) is 9.33. The summed E-state index contributed by atoms with van der Waals surface area (Å²) in [5.74, 6) is 1.76. The monoisotopic (exact) mass is 273 g/mol. The van der Waals surface area contributed by atoms with Gasteiger partial charge in [0.1, 0.15) is 0 Å². The van der Waals surface area contributed by atoms with Crippen molar-refractivity contribution in [2.24, 2.45) is 11.8 Å². The highest BCUT2D eigenvalue weighted by atomic mass is 15.0. The van der Waals surface area contributed by atoms with Gasteiger partial charge in [-0.25, -0.2) is 0 Å². The lowest BCUT2D eigenvalue weighted by atomic mass is 9.79. The van der Waals surface area contributed by atoms with Crippen LogP contribution in [0.1, 0.15) is 70.5 Å². The fourth-order valence-electron chi connectivity index (χ4n) is 3.42. The third-order valence-electron chi connectivity index (χ3n) is 5.23. The second-order valence-electron chi connectivity index (χ2n) is 6.69. The molecule has 0 saturated heterocycles. The highest BCUT2D eigenvalue weighted by Gasteiger charge is 2.26. The Kier molecular flexibility index (Phi) is 5.65. The molecule has 1 heteroatoms. The van der Waals surface area contributed by atoms with E-state index in [-0.39, 0.29) is 0 Å². The predicted molar refractivity (Wildman–Crippen MR) is 88.0 cm³/mol. The summed E-state index contributed by atoms with van der Waals surface area (Å²) in [5.41, 5.74) is 2.89. The van der Waals surface area contributed by atoms with Crippen LogP contribution in [0.4, 0.5) is 0 Å². The quantitative estimate of drug-likeness (QED) is 0.785. The molecule has 1 N–H and O–H groups in total. The molecule has 0 bridgehead atoms. The van der Waals surface area contributed by atoms with Crippen LogP contribution in [-0.4, -0.2) is 6.04 Å². The van der Waals surface area contributed by atoms with Gasteiger partial charge in [-0.2, -0.15) is 0 Å². The van der Waals surface area contributed by atoms with Crippen LogP contribution in [0.3, 0.4) is 0 Å². The maximum atomic E-state index is 3.91. The van der Waals surface area contributed by atoms with Crippen LogP contribution in [0.2, 0.25) is 0 Å². The molecular formula is C19H31N. The molecule has 0 spiro atoms. The summed E-state index contributed by atoms with van der Waals surface area (Å²) in [5, 5.41) is 3.91. The SMILES string of the molecule is CCc1ccc(C(CC)NC2CCC(C)C(C)C2)cc1. The first-order valence-corrected chi connectivity index (χ1v) is 8.48. The van der Waals surface area contributed by atoms with Gasteiger partial charge in [0.2, 0.25) is 0 Å². The van der Waals surface area contributed by atoms with Gasteiger partial charge < -0.3 is 5.32 Å². The van der Waals surface area contributed by atoms with Crippen molar-refractivity contribution in [3.05, 3.63) is 35.4 Å². The molecule has 4 atom stereocenters. The highest BCUT2D eigenvalue weighted by Crippen LogP contribution is 2.31. The first kappa shape index (κ1) is 15.6. The largest absolute Gasteiger partial charge is 0.307 e. The molecule has 112 valence electrons. The zero-order valence-corrected chi connectivity index (χ0v) is 13.7. The molecule has 1 aromatic carbocycles. The summed E-state index contributed by atoms with van der Waals surface area (Å²) in [4.78, 5) is 0. The third kappa shape index (κ3) is 3.85. The fraction of sp³-hybridized carbons (Fsp3) is 0.684. The number of hydrogen-bond donors (Lipinski definition) is 1. The zero-order valence-electron chi connectivity index (χ0n) is 13.7. The van der Waals surface area contributed by atoms with Crippen molar-refractivity contribution in [3.63, 3.8) is 0 Å². The molecule has 1 aliphatic rings. The van der Waals surface area contributed by atoms with Gasteiger partial charge in [0.15, 0.2) is 0 Å². The molecule has 1 saturated carbocycles. The standard InChI is InChI=1S/C19H31N/c1-5-16-8-10-17(11-9-16)19(6-2)20-18-12-7-14(3)15(4)13-18/h8-11,14-15,18-20H,5-7,12-13H2,1-4H3. The Bertz CT molecular complexity index is 395. The van der Waals surface area contributed by atoms with Gasteiger partial charge in [-0.1, -0.05) is 52.0 Å².